The SMILES string of the molecule is C[C@H]1Cc2cc(Br)ccc2N1S(=O)(=O)c1ccc2c(c1)oc(=O)n2C. The summed E-state index contributed by atoms with van der Waals surface area (Å²) in [5.74, 6) is -0.519. The summed E-state index contributed by atoms with van der Waals surface area (Å²) in [4.78, 5) is 11.7. The number of hydrogen-bond acceptors (Lipinski definition) is 4. The second-order valence-electron chi connectivity index (χ2n) is 6.18. The molecular weight excluding hydrogens is 408 g/mol. The topological polar surface area (TPSA) is 72.5 Å². The van der Waals surface area contributed by atoms with Crippen LogP contribution in [0.15, 0.2) is 55.0 Å². The van der Waals surface area contributed by atoms with Crippen LogP contribution in [0.1, 0.15) is 12.5 Å². The van der Waals surface area contributed by atoms with E-state index in [1.165, 1.54) is 21.0 Å². The normalized spacial score (nSPS) is 17.2. The average Bonchev–Trinajstić information content (AvgIpc) is 3.03. The molecule has 4 rings (SSSR count). The molecule has 8 heteroatoms. The second kappa shape index (κ2) is 5.47. The summed E-state index contributed by atoms with van der Waals surface area (Å²) in [6.07, 6.45) is 0.649. The van der Waals surface area contributed by atoms with Gasteiger partial charge in [-0.15, -0.1) is 0 Å². The first kappa shape index (κ1) is 16.4. The highest BCUT2D eigenvalue weighted by Crippen LogP contribution is 2.38. The van der Waals surface area contributed by atoms with Gasteiger partial charge in [0.25, 0.3) is 10.0 Å². The quantitative estimate of drug-likeness (QED) is 0.635. The molecule has 0 unspecified atom stereocenters. The molecule has 0 N–H and O–H groups in total. The lowest BCUT2D eigenvalue weighted by Gasteiger charge is -2.24. The van der Waals surface area contributed by atoms with Gasteiger partial charge in [-0.2, -0.15) is 0 Å². The van der Waals surface area contributed by atoms with Gasteiger partial charge in [0, 0.05) is 23.6 Å². The number of aromatic nitrogens is 1. The fourth-order valence-electron chi connectivity index (χ4n) is 3.33. The minimum absolute atomic E-state index is 0.108. The Morgan fingerprint density at radius 1 is 1.20 bits per heavy atom. The summed E-state index contributed by atoms with van der Waals surface area (Å²) in [7, 11) is -2.18. The van der Waals surface area contributed by atoms with Crippen LogP contribution in [-0.4, -0.2) is 19.0 Å². The molecular formula is C17H15BrN2O4S. The summed E-state index contributed by atoms with van der Waals surface area (Å²) < 4.78 is 35.3. The standard InChI is InChI=1S/C17H15BrN2O4S/c1-10-7-11-8-12(18)3-5-14(11)20(10)25(22,23)13-4-6-15-16(9-13)24-17(21)19(15)2/h3-6,8-10H,7H2,1-2H3/t10-/m0/s1. The second-order valence-corrected chi connectivity index (χ2v) is 8.91. The lowest BCUT2D eigenvalue weighted by Crippen LogP contribution is -2.35. The highest BCUT2D eigenvalue weighted by Gasteiger charge is 2.36. The molecule has 0 saturated heterocycles. The first-order chi connectivity index (χ1) is 11.8. The zero-order chi connectivity index (χ0) is 17.9. The van der Waals surface area contributed by atoms with E-state index in [4.69, 9.17) is 4.42 Å². The van der Waals surface area contributed by atoms with Crippen molar-refractivity contribution in [3.05, 3.63) is 57.0 Å². The van der Waals surface area contributed by atoms with Gasteiger partial charge in [0.15, 0.2) is 5.58 Å². The number of hydrogen-bond donors (Lipinski definition) is 0. The van der Waals surface area contributed by atoms with Crippen LogP contribution in [-0.2, 0) is 23.5 Å². The molecule has 1 aliphatic heterocycles. The van der Waals surface area contributed by atoms with Gasteiger partial charge in [-0.25, -0.2) is 13.2 Å². The largest absolute Gasteiger partial charge is 0.419 e. The molecule has 0 radical (unpaired) electrons. The van der Waals surface area contributed by atoms with Gasteiger partial charge in [0.2, 0.25) is 0 Å². The lowest BCUT2D eigenvalue weighted by atomic mass is 10.1. The van der Waals surface area contributed by atoms with E-state index < -0.39 is 15.8 Å². The molecule has 2 heterocycles. The van der Waals surface area contributed by atoms with Crippen molar-refractivity contribution in [1.29, 1.82) is 0 Å². The lowest BCUT2D eigenvalue weighted by molar-refractivity contribution is 0.527. The van der Waals surface area contributed by atoms with Crippen LogP contribution in [0.2, 0.25) is 0 Å². The molecule has 0 amide bonds. The Morgan fingerprint density at radius 3 is 2.72 bits per heavy atom. The van der Waals surface area contributed by atoms with Crippen molar-refractivity contribution in [1.82, 2.24) is 4.57 Å². The first-order valence-corrected chi connectivity index (χ1v) is 9.95. The third-order valence-corrected chi connectivity index (χ3v) is 6.93. The van der Waals surface area contributed by atoms with Crippen molar-refractivity contribution in [2.24, 2.45) is 7.05 Å². The van der Waals surface area contributed by atoms with E-state index in [-0.39, 0.29) is 16.5 Å². The maximum atomic E-state index is 13.2. The molecule has 0 saturated carbocycles. The van der Waals surface area contributed by atoms with Crippen molar-refractivity contribution in [2.45, 2.75) is 24.3 Å². The zero-order valence-corrected chi connectivity index (χ0v) is 16.0. The zero-order valence-electron chi connectivity index (χ0n) is 13.6. The molecule has 0 fully saturated rings. The molecule has 2 aromatic carbocycles. The van der Waals surface area contributed by atoms with E-state index in [9.17, 15) is 13.2 Å². The third kappa shape index (κ3) is 2.43. The summed E-state index contributed by atoms with van der Waals surface area (Å²) in [5.41, 5.74) is 2.49. The van der Waals surface area contributed by atoms with Crippen LogP contribution in [0.3, 0.4) is 0 Å². The number of oxazole rings is 1. The number of fused-ring (bicyclic) bond motifs is 2. The van der Waals surface area contributed by atoms with Gasteiger partial charge >= 0.3 is 5.76 Å². The van der Waals surface area contributed by atoms with Crippen LogP contribution >= 0.6 is 15.9 Å². The Bertz CT molecular complexity index is 1160. The van der Waals surface area contributed by atoms with Gasteiger partial charge in [-0.3, -0.25) is 8.87 Å². The Kier molecular flexibility index (Phi) is 3.59. The number of benzene rings is 2. The minimum atomic E-state index is -3.76. The van der Waals surface area contributed by atoms with Gasteiger partial charge in [-0.05, 0) is 49.2 Å². The van der Waals surface area contributed by atoms with E-state index in [0.717, 1.165) is 10.0 Å². The molecule has 6 nitrogen and oxygen atoms in total. The number of rotatable bonds is 2. The summed E-state index contributed by atoms with van der Waals surface area (Å²) in [5, 5.41) is 0. The number of sulfonamides is 1. The summed E-state index contributed by atoms with van der Waals surface area (Å²) in [6, 6.07) is 9.91. The van der Waals surface area contributed by atoms with Crippen LogP contribution in [0.25, 0.3) is 11.1 Å². The predicted molar refractivity (Wildman–Crippen MR) is 98.4 cm³/mol. The van der Waals surface area contributed by atoms with Crippen molar-refractivity contribution < 1.29 is 12.8 Å². The van der Waals surface area contributed by atoms with Crippen LogP contribution in [0.5, 0.6) is 0 Å². The van der Waals surface area contributed by atoms with Crippen molar-refractivity contribution in [3.8, 4) is 0 Å². The van der Waals surface area contributed by atoms with Crippen molar-refractivity contribution in [2.75, 3.05) is 4.31 Å². The van der Waals surface area contributed by atoms with E-state index in [1.807, 2.05) is 25.1 Å². The van der Waals surface area contributed by atoms with Crippen LogP contribution < -0.4 is 10.1 Å². The number of anilines is 1. The third-order valence-electron chi connectivity index (χ3n) is 4.52. The van der Waals surface area contributed by atoms with Crippen molar-refractivity contribution in [3.63, 3.8) is 0 Å². The van der Waals surface area contributed by atoms with Crippen LogP contribution in [0.4, 0.5) is 5.69 Å². The molecule has 0 aliphatic carbocycles. The summed E-state index contributed by atoms with van der Waals surface area (Å²) in [6.45, 7) is 1.88. The smallest absolute Gasteiger partial charge is 0.408 e. The van der Waals surface area contributed by atoms with Crippen molar-refractivity contribution >= 4 is 42.7 Å². The Balaban J connectivity index is 1.87. The highest BCUT2D eigenvalue weighted by molar-refractivity contribution is 9.10. The van der Waals surface area contributed by atoms with E-state index >= 15 is 0 Å². The average molecular weight is 423 g/mol. The number of aryl methyl sites for hydroxylation is 1. The molecule has 1 aromatic heterocycles. The molecule has 130 valence electrons. The Labute approximate surface area is 152 Å². The predicted octanol–water partition coefficient (Wildman–Crippen LogP) is 3.03. The maximum absolute atomic E-state index is 13.2. The fraction of sp³-hybridized carbons (Fsp3) is 0.235. The molecule has 1 atom stereocenters. The fourth-order valence-corrected chi connectivity index (χ4v) is 5.44. The minimum Gasteiger partial charge on any atom is -0.408 e. The molecule has 0 bridgehead atoms. The molecule has 25 heavy (non-hydrogen) atoms. The molecule has 3 aromatic rings. The molecule has 1 aliphatic rings. The van der Waals surface area contributed by atoms with E-state index in [2.05, 4.69) is 15.9 Å². The van der Waals surface area contributed by atoms with Gasteiger partial charge in [0.05, 0.1) is 16.1 Å². The van der Waals surface area contributed by atoms with Gasteiger partial charge < -0.3 is 4.42 Å². The monoisotopic (exact) mass is 422 g/mol. The Hall–Kier alpha value is -2.06. The first-order valence-electron chi connectivity index (χ1n) is 7.71. The Morgan fingerprint density at radius 2 is 1.96 bits per heavy atom. The van der Waals surface area contributed by atoms with E-state index in [1.54, 1.807) is 13.1 Å². The maximum Gasteiger partial charge on any atom is 0.419 e. The van der Waals surface area contributed by atoms with Crippen LogP contribution in [0, 0.1) is 0 Å². The summed E-state index contributed by atoms with van der Waals surface area (Å²) >= 11 is 3.42. The number of nitrogens with zero attached hydrogens (tertiary/aromatic N) is 2. The highest BCUT2D eigenvalue weighted by atomic mass is 79.9. The molecule has 0 spiro atoms. The van der Waals surface area contributed by atoms with E-state index in [0.29, 0.717) is 17.6 Å². The number of halogens is 1. The van der Waals surface area contributed by atoms with Gasteiger partial charge in [0.1, 0.15) is 0 Å². The van der Waals surface area contributed by atoms with Gasteiger partial charge in [-0.1, -0.05) is 15.9 Å².